The van der Waals surface area contributed by atoms with Crippen molar-refractivity contribution < 1.29 is 9.47 Å². The Kier molecular flexibility index (Phi) is 0.543. The maximum absolute atomic E-state index is 5.12. The lowest BCUT2D eigenvalue weighted by atomic mass is 10.8. The van der Waals surface area contributed by atoms with E-state index in [1.807, 2.05) is 0 Å². The Bertz CT molecular complexity index is 81.7. The van der Waals surface area contributed by atoms with E-state index in [0.717, 1.165) is 19.8 Å². The van der Waals surface area contributed by atoms with Crippen molar-refractivity contribution >= 4 is 0 Å². The highest BCUT2D eigenvalue weighted by molar-refractivity contribution is 4.87. The molecule has 40 valence electrons. The average Bonchev–Trinajstić information content (AvgIpc) is 2.15. The molecule has 0 aromatic rings. The molecule has 2 saturated heterocycles. The molecule has 1 N–H and O–H groups in total. The Hall–Kier alpha value is -0.120. The molecule has 2 rings (SSSR count). The lowest BCUT2D eigenvalue weighted by molar-refractivity contribution is -0.0722. The summed E-state index contributed by atoms with van der Waals surface area (Å²) in [6.45, 7) is 2.35. The molecule has 2 heterocycles. The molecule has 0 unspecified atom stereocenters. The van der Waals surface area contributed by atoms with E-state index in [4.69, 9.17) is 9.47 Å². The molecule has 2 fully saturated rings. The number of nitrogens with one attached hydrogen (secondary N) is 1. The first-order chi connectivity index (χ1) is 3.41. The normalized spacial score (nSPS) is 34.3. The summed E-state index contributed by atoms with van der Waals surface area (Å²) in [5.41, 5.74) is 0. The monoisotopic (exact) mass is 101 g/mol. The Labute approximate surface area is 41.6 Å². The van der Waals surface area contributed by atoms with Gasteiger partial charge in [-0.05, 0) is 0 Å². The van der Waals surface area contributed by atoms with Gasteiger partial charge in [-0.15, -0.1) is 0 Å². The first-order valence-corrected chi connectivity index (χ1v) is 2.44. The van der Waals surface area contributed by atoms with Crippen LogP contribution < -0.4 is 5.32 Å². The highest BCUT2D eigenvalue weighted by atomic mass is 16.8. The van der Waals surface area contributed by atoms with Gasteiger partial charge in [0.25, 0.3) is 0 Å². The number of ether oxygens (including phenoxy) is 2. The predicted octanol–water partition coefficient (Wildman–Crippen LogP) is -0.710. The summed E-state index contributed by atoms with van der Waals surface area (Å²) in [7, 11) is 0. The molecule has 0 saturated carbocycles. The Morgan fingerprint density at radius 2 is 1.86 bits per heavy atom. The van der Waals surface area contributed by atoms with Crippen molar-refractivity contribution in [1.82, 2.24) is 5.32 Å². The van der Waals surface area contributed by atoms with Crippen LogP contribution in [-0.4, -0.2) is 25.7 Å². The van der Waals surface area contributed by atoms with Gasteiger partial charge in [-0.25, -0.2) is 0 Å². The van der Waals surface area contributed by atoms with Crippen LogP contribution >= 0.6 is 0 Å². The van der Waals surface area contributed by atoms with Gasteiger partial charge in [0.1, 0.15) is 0 Å². The second-order valence-corrected chi connectivity index (χ2v) is 1.80. The quantitative estimate of drug-likeness (QED) is 0.410. The molecule has 0 aromatic heterocycles. The first kappa shape index (κ1) is 3.83. The Balaban J connectivity index is 2.07. The van der Waals surface area contributed by atoms with Crippen LogP contribution in [0.5, 0.6) is 0 Å². The fourth-order valence-corrected chi connectivity index (χ4v) is 0.731. The van der Waals surface area contributed by atoms with E-state index >= 15 is 0 Å². The molecule has 0 aliphatic carbocycles. The maximum atomic E-state index is 5.12. The summed E-state index contributed by atoms with van der Waals surface area (Å²) < 4.78 is 10.2. The predicted molar refractivity (Wildman–Crippen MR) is 22.6 cm³/mol. The molecule has 0 atom stereocenters. The third-order valence-electron chi connectivity index (χ3n) is 1.22. The SMILES string of the molecule is C1COC2(CN2)O1. The molecule has 2 aliphatic rings. The van der Waals surface area contributed by atoms with Gasteiger partial charge in [0, 0.05) is 0 Å². The fourth-order valence-electron chi connectivity index (χ4n) is 0.731. The summed E-state index contributed by atoms with van der Waals surface area (Å²) in [5, 5.41) is 2.97. The van der Waals surface area contributed by atoms with Gasteiger partial charge in [-0.3, -0.25) is 5.32 Å². The first-order valence-electron chi connectivity index (χ1n) is 2.44. The topological polar surface area (TPSA) is 40.4 Å². The number of rotatable bonds is 0. The highest BCUT2D eigenvalue weighted by Crippen LogP contribution is 2.24. The zero-order valence-corrected chi connectivity index (χ0v) is 3.94. The molecule has 7 heavy (non-hydrogen) atoms. The van der Waals surface area contributed by atoms with Crippen molar-refractivity contribution in [2.45, 2.75) is 5.91 Å². The van der Waals surface area contributed by atoms with Gasteiger partial charge in [-0.1, -0.05) is 0 Å². The zero-order valence-electron chi connectivity index (χ0n) is 3.94. The fraction of sp³-hybridized carbons (Fsp3) is 1.00. The van der Waals surface area contributed by atoms with Gasteiger partial charge in [0.15, 0.2) is 0 Å². The summed E-state index contributed by atoms with van der Waals surface area (Å²) >= 11 is 0. The van der Waals surface area contributed by atoms with Crippen molar-refractivity contribution in [3.05, 3.63) is 0 Å². The minimum absolute atomic E-state index is 0.306. The average molecular weight is 101 g/mol. The minimum atomic E-state index is -0.306. The van der Waals surface area contributed by atoms with Crippen LogP contribution in [-0.2, 0) is 9.47 Å². The molecule has 1 spiro atoms. The molecule has 3 nitrogen and oxygen atoms in total. The van der Waals surface area contributed by atoms with E-state index in [1.54, 1.807) is 0 Å². The van der Waals surface area contributed by atoms with E-state index in [0.29, 0.717) is 0 Å². The molecule has 2 aliphatic heterocycles. The van der Waals surface area contributed by atoms with Crippen LogP contribution in [0.15, 0.2) is 0 Å². The van der Waals surface area contributed by atoms with E-state index < -0.39 is 0 Å². The minimum Gasteiger partial charge on any atom is -0.334 e. The van der Waals surface area contributed by atoms with Crippen molar-refractivity contribution in [3.8, 4) is 0 Å². The third kappa shape index (κ3) is 0.459. The van der Waals surface area contributed by atoms with Crippen LogP contribution in [0.4, 0.5) is 0 Å². The van der Waals surface area contributed by atoms with Crippen LogP contribution in [0.25, 0.3) is 0 Å². The van der Waals surface area contributed by atoms with Crippen LogP contribution in [0, 0.1) is 0 Å². The molecule has 3 heteroatoms. The summed E-state index contributed by atoms with van der Waals surface area (Å²) in [4.78, 5) is 0. The molecule has 0 aromatic carbocycles. The van der Waals surface area contributed by atoms with Gasteiger partial charge >= 0.3 is 0 Å². The zero-order chi connectivity index (χ0) is 4.74. The van der Waals surface area contributed by atoms with Crippen molar-refractivity contribution in [2.75, 3.05) is 19.8 Å². The smallest absolute Gasteiger partial charge is 0.241 e. The van der Waals surface area contributed by atoms with Crippen molar-refractivity contribution in [2.24, 2.45) is 0 Å². The van der Waals surface area contributed by atoms with Crippen molar-refractivity contribution in [1.29, 1.82) is 0 Å². The summed E-state index contributed by atoms with van der Waals surface area (Å²) in [6, 6.07) is 0. The standard InChI is InChI=1S/C4H7NO2/c1-2-7-4(6-1)3-5-4/h5H,1-3H2. The van der Waals surface area contributed by atoms with E-state index in [-0.39, 0.29) is 5.91 Å². The Morgan fingerprint density at radius 3 is 2.14 bits per heavy atom. The highest BCUT2D eigenvalue weighted by Gasteiger charge is 2.48. The maximum Gasteiger partial charge on any atom is 0.241 e. The summed E-state index contributed by atoms with van der Waals surface area (Å²) in [6.07, 6.45) is 0. The number of hydrogen-bond donors (Lipinski definition) is 1. The molecule has 0 amide bonds. The molecule has 0 bridgehead atoms. The Morgan fingerprint density at radius 1 is 1.29 bits per heavy atom. The van der Waals surface area contributed by atoms with Gasteiger partial charge < -0.3 is 9.47 Å². The second-order valence-electron chi connectivity index (χ2n) is 1.80. The van der Waals surface area contributed by atoms with Gasteiger partial charge in [0.05, 0.1) is 19.8 Å². The lowest BCUT2D eigenvalue weighted by Crippen LogP contribution is -2.14. The van der Waals surface area contributed by atoms with Crippen LogP contribution in [0.3, 0.4) is 0 Å². The van der Waals surface area contributed by atoms with Gasteiger partial charge in [-0.2, -0.15) is 0 Å². The van der Waals surface area contributed by atoms with Crippen LogP contribution in [0.2, 0.25) is 0 Å². The number of hydrogen-bond acceptors (Lipinski definition) is 3. The molecular formula is C4H7NO2. The van der Waals surface area contributed by atoms with E-state index in [2.05, 4.69) is 5.32 Å². The van der Waals surface area contributed by atoms with E-state index in [1.165, 1.54) is 0 Å². The third-order valence-corrected chi connectivity index (χ3v) is 1.22. The molecular weight excluding hydrogens is 94.0 g/mol. The van der Waals surface area contributed by atoms with Crippen molar-refractivity contribution in [3.63, 3.8) is 0 Å². The molecule has 0 radical (unpaired) electrons. The van der Waals surface area contributed by atoms with Crippen LogP contribution in [0.1, 0.15) is 0 Å². The second kappa shape index (κ2) is 0.992. The summed E-state index contributed by atoms with van der Waals surface area (Å²) in [5.74, 6) is -0.306. The van der Waals surface area contributed by atoms with E-state index in [9.17, 15) is 0 Å². The lowest BCUT2D eigenvalue weighted by Gasteiger charge is -1.98. The largest absolute Gasteiger partial charge is 0.334 e. The van der Waals surface area contributed by atoms with Gasteiger partial charge in [0.2, 0.25) is 5.91 Å².